The van der Waals surface area contributed by atoms with Gasteiger partial charge >= 0.3 is 0 Å². The fraction of sp³-hybridized carbons (Fsp3) is 0.350. The van der Waals surface area contributed by atoms with E-state index in [4.69, 9.17) is 16.3 Å². The molecule has 156 valence electrons. The maximum atomic E-state index is 12.5. The number of aryl methyl sites for hydroxylation is 1. The topological polar surface area (TPSA) is 75.7 Å². The van der Waals surface area contributed by atoms with Crippen molar-refractivity contribution in [3.63, 3.8) is 0 Å². The molecule has 1 aliphatic heterocycles. The van der Waals surface area contributed by atoms with Crippen molar-refractivity contribution < 1.29 is 17.9 Å². The van der Waals surface area contributed by atoms with Gasteiger partial charge in [0.15, 0.2) is 6.10 Å². The zero-order chi connectivity index (χ0) is 21.0. The van der Waals surface area contributed by atoms with E-state index >= 15 is 0 Å². The molecule has 2 aromatic carbocycles. The van der Waals surface area contributed by atoms with Crippen LogP contribution in [0.3, 0.4) is 0 Å². The normalized spacial score (nSPS) is 16.1. The SMILES string of the molecule is Cc1ccc2c(c1)N(S(C)(=O)=O)CC(C(=O)NCCSCc1cccc(Cl)c1)O2. The van der Waals surface area contributed by atoms with Crippen LogP contribution in [-0.4, -0.2) is 45.5 Å². The molecule has 0 spiro atoms. The molecule has 0 aliphatic carbocycles. The van der Waals surface area contributed by atoms with E-state index in [2.05, 4.69) is 5.32 Å². The Bertz CT molecular complexity index is 998. The number of nitrogens with zero attached hydrogens (tertiary/aromatic N) is 1. The lowest BCUT2D eigenvalue weighted by molar-refractivity contribution is -0.127. The molecule has 3 rings (SSSR count). The molecule has 1 N–H and O–H groups in total. The minimum Gasteiger partial charge on any atom is -0.476 e. The second-order valence-corrected chi connectivity index (χ2v) is 10.3. The van der Waals surface area contributed by atoms with E-state index in [0.29, 0.717) is 23.0 Å². The van der Waals surface area contributed by atoms with Crippen molar-refractivity contribution in [2.45, 2.75) is 18.8 Å². The van der Waals surface area contributed by atoms with Crippen LogP contribution in [0.25, 0.3) is 0 Å². The molecule has 1 unspecified atom stereocenters. The molecule has 0 aromatic heterocycles. The number of thioether (sulfide) groups is 1. The quantitative estimate of drug-likeness (QED) is 0.650. The number of hydrogen-bond donors (Lipinski definition) is 1. The predicted octanol–water partition coefficient (Wildman–Crippen LogP) is 3.23. The van der Waals surface area contributed by atoms with Crippen molar-refractivity contribution in [3.8, 4) is 5.75 Å². The third-order valence-electron chi connectivity index (χ3n) is 4.38. The number of carbonyl (C=O) groups is 1. The Morgan fingerprint density at radius 1 is 1.31 bits per heavy atom. The summed E-state index contributed by atoms with van der Waals surface area (Å²) in [5.74, 6) is 1.58. The molecule has 0 radical (unpaired) electrons. The van der Waals surface area contributed by atoms with Gasteiger partial charge in [0.05, 0.1) is 18.5 Å². The van der Waals surface area contributed by atoms with Crippen molar-refractivity contribution in [1.82, 2.24) is 5.32 Å². The van der Waals surface area contributed by atoms with Crippen LogP contribution in [-0.2, 0) is 20.6 Å². The highest BCUT2D eigenvalue weighted by Crippen LogP contribution is 2.35. The van der Waals surface area contributed by atoms with Gasteiger partial charge in [0, 0.05) is 23.1 Å². The Morgan fingerprint density at radius 2 is 2.10 bits per heavy atom. The minimum absolute atomic E-state index is 0.0449. The average Bonchev–Trinajstić information content (AvgIpc) is 2.66. The van der Waals surface area contributed by atoms with Crippen molar-refractivity contribution in [2.75, 3.05) is 29.4 Å². The highest BCUT2D eigenvalue weighted by Gasteiger charge is 2.34. The number of rotatable bonds is 7. The van der Waals surface area contributed by atoms with Gasteiger partial charge in [-0.15, -0.1) is 0 Å². The van der Waals surface area contributed by atoms with Crippen molar-refractivity contribution in [2.24, 2.45) is 0 Å². The summed E-state index contributed by atoms with van der Waals surface area (Å²) in [6.07, 6.45) is 0.240. The predicted molar refractivity (Wildman–Crippen MR) is 118 cm³/mol. The van der Waals surface area contributed by atoms with Gasteiger partial charge in [-0.05, 0) is 42.3 Å². The zero-order valence-corrected chi connectivity index (χ0v) is 18.6. The number of amides is 1. The summed E-state index contributed by atoms with van der Waals surface area (Å²) in [6, 6.07) is 12.9. The van der Waals surface area contributed by atoms with Crippen LogP contribution >= 0.6 is 23.4 Å². The summed E-state index contributed by atoms with van der Waals surface area (Å²) in [5, 5.41) is 3.54. The lowest BCUT2D eigenvalue weighted by Gasteiger charge is -2.34. The summed E-state index contributed by atoms with van der Waals surface area (Å²) in [5.41, 5.74) is 2.51. The monoisotopic (exact) mass is 454 g/mol. The van der Waals surface area contributed by atoms with Crippen LogP contribution in [0.15, 0.2) is 42.5 Å². The molecule has 1 aliphatic rings. The standard InChI is InChI=1S/C20H23ClN2O4S2/c1-14-6-7-18-17(10-14)23(29(2,25)26)12-19(27-18)20(24)22-8-9-28-13-15-4-3-5-16(21)11-15/h3-7,10-11,19H,8-9,12-13H2,1-2H3,(H,22,24). The molecule has 6 nitrogen and oxygen atoms in total. The van der Waals surface area contributed by atoms with Gasteiger partial charge in [-0.1, -0.05) is 29.8 Å². The summed E-state index contributed by atoms with van der Waals surface area (Å²) >= 11 is 7.65. The van der Waals surface area contributed by atoms with Crippen LogP contribution in [0, 0.1) is 6.92 Å². The summed E-state index contributed by atoms with van der Waals surface area (Å²) in [4.78, 5) is 12.5. The van der Waals surface area contributed by atoms with Gasteiger partial charge in [-0.25, -0.2) is 8.42 Å². The molecule has 0 fully saturated rings. The molecule has 1 heterocycles. The van der Waals surface area contributed by atoms with E-state index < -0.39 is 16.1 Å². The van der Waals surface area contributed by atoms with Gasteiger partial charge < -0.3 is 10.1 Å². The van der Waals surface area contributed by atoms with Gasteiger partial charge in [0.1, 0.15) is 5.75 Å². The van der Waals surface area contributed by atoms with Crippen LogP contribution in [0.2, 0.25) is 5.02 Å². The summed E-state index contributed by atoms with van der Waals surface area (Å²) < 4.78 is 31.4. The number of hydrogen-bond acceptors (Lipinski definition) is 5. The molecule has 9 heteroatoms. The largest absolute Gasteiger partial charge is 0.476 e. The molecule has 29 heavy (non-hydrogen) atoms. The fourth-order valence-corrected chi connectivity index (χ4v) is 4.91. The lowest BCUT2D eigenvalue weighted by Crippen LogP contribution is -2.50. The molecule has 1 atom stereocenters. The Hall–Kier alpha value is -1.90. The molecule has 0 saturated heterocycles. The first-order chi connectivity index (χ1) is 13.7. The third kappa shape index (κ3) is 5.81. The number of sulfonamides is 1. The van der Waals surface area contributed by atoms with Crippen molar-refractivity contribution in [3.05, 3.63) is 58.6 Å². The number of fused-ring (bicyclic) bond motifs is 1. The first kappa shape index (κ1) is 21.8. The van der Waals surface area contributed by atoms with E-state index in [9.17, 15) is 13.2 Å². The highest BCUT2D eigenvalue weighted by molar-refractivity contribution is 7.98. The molecule has 0 bridgehead atoms. The number of halogens is 1. The molecule has 2 aromatic rings. The molecule has 1 amide bonds. The Morgan fingerprint density at radius 3 is 2.83 bits per heavy atom. The zero-order valence-electron chi connectivity index (χ0n) is 16.2. The van der Waals surface area contributed by atoms with E-state index in [1.807, 2.05) is 37.3 Å². The smallest absolute Gasteiger partial charge is 0.263 e. The minimum atomic E-state index is -3.53. The van der Waals surface area contributed by atoms with E-state index in [1.165, 1.54) is 4.31 Å². The highest BCUT2D eigenvalue weighted by atomic mass is 35.5. The summed E-state index contributed by atoms with van der Waals surface area (Å²) in [7, 11) is -3.53. The van der Waals surface area contributed by atoms with Gasteiger partial charge in [0.2, 0.25) is 10.0 Å². The first-order valence-corrected chi connectivity index (χ1v) is 12.5. The van der Waals surface area contributed by atoms with E-state index in [1.54, 1.807) is 23.9 Å². The van der Waals surface area contributed by atoms with Crippen LogP contribution in [0.1, 0.15) is 11.1 Å². The number of carbonyl (C=O) groups excluding carboxylic acids is 1. The molecular formula is C20H23ClN2O4S2. The maximum absolute atomic E-state index is 12.5. The number of benzene rings is 2. The number of anilines is 1. The Labute approximate surface area is 180 Å². The van der Waals surface area contributed by atoms with E-state index in [0.717, 1.165) is 28.9 Å². The Balaban J connectivity index is 1.55. The van der Waals surface area contributed by atoms with Crippen LogP contribution in [0.5, 0.6) is 5.75 Å². The lowest BCUT2D eigenvalue weighted by atomic mass is 10.1. The summed E-state index contributed by atoms with van der Waals surface area (Å²) in [6.45, 7) is 2.29. The van der Waals surface area contributed by atoms with Crippen molar-refractivity contribution in [1.29, 1.82) is 0 Å². The maximum Gasteiger partial charge on any atom is 0.263 e. The third-order valence-corrected chi connectivity index (χ3v) is 6.79. The van der Waals surface area contributed by atoms with Gasteiger partial charge in [0.25, 0.3) is 5.91 Å². The van der Waals surface area contributed by atoms with Crippen LogP contribution < -0.4 is 14.4 Å². The van der Waals surface area contributed by atoms with Gasteiger partial charge in [-0.3, -0.25) is 9.10 Å². The number of ether oxygens (including phenoxy) is 1. The van der Waals surface area contributed by atoms with Gasteiger partial charge in [-0.2, -0.15) is 11.8 Å². The fourth-order valence-electron chi connectivity index (χ4n) is 2.99. The average molecular weight is 455 g/mol. The molecular weight excluding hydrogens is 432 g/mol. The molecule has 0 saturated carbocycles. The van der Waals surface area contributed by atoms with Crippen molar-refractivity contribution >= 4 is 45.0 Å². The van der Waals surface area contributed by atoms with E-state index in [-0.39, 0.29) is 12.5 Å². The number of nitrogens with one attached hydrogen (secondary N) is 1. The first-order valence-electron chi connectivity index (χ1n) is 9.09. The second-order valence-electron chi connectivity index (χ2n) is 6.85. The van der Waals surface area contributed by atoms with Crippen LogP contribution in [0.4, 0.5) is 5.69 Å². The Kier molecular flexibility index (Phi) is 6.97. The second kappa shape index (κ2) is 9.28.